The highest BCUT2D eigenvalue weighted by molar-refractivity contribution is 9.09. The van der Waals surface area contributed by atoms with Crippen LogP contribution in [0.4, 0.5) is 0 Å². The van der Waals surface area contributed by atoms with E-state index in [1.165, 1.54) is 39.9 Å². The number of halogens is 1. The van der Waals surface area contributed by atoms with Crippen LogP contribution in [0.1, 0.15) is 63.7 Å². The third-order valence-corrected chi connectivity index (χ3v) is 8.89. The highest BCUT2D eigenvalue weighted by Crippen LogP contribution is 2.42. The number of hydrogen-bond donors (Lipinski definition) is 0. The number of carbonyl (C=O) groups is 1. The van der Waals surface area contributed by atoms with E-state index in [2.05, 4.69) is 85.2 Å². The van der Waals surface area contributed by atoms with Crippen molar-refractivity contribution in [2.45, 2.75) is 69.9 Å². The van der Waals surface area contributed by atoms with Gasteiger partial charge in [-0.05, 0) is 82.7 Å². The highest BCUT2D eigenvalue weighted by Gasteiger charge is 2.35. The van der Waals surface area contributed by atoms with E-state index in [0.717, 1.165) is 24.8 Å². The van der Waals surface area contributed by atoms with E-state index in [1.54, 1.807) is 0 Å². The molecule has 1 saturated carbocycles. The number of esters is 1. The molecule has 3 aromatic carbocycles. The molecule has 2 unspecified atom stereocenters. The Bertz CT molecular complexity index is 1190. The molecule has 0 N–H and O–H groups in total. The van der Waals surface area contributed by atoms with Crippen molar-refractivity contribution in [2.75, 3.05) is 6.61 Å². The monoisotopic (exact) mass is 522 g/mol. The van der Waals surface area contributed by atoms with E-state index in [-0.39, 0.29) is 29.6 Å². The maximum atomic E-state index is 13.0. The Kier molecular flexibility index (Phi) is 7.00. The SMILES string of the molecule is CC(C)[C@@H]1CC[C@@H](C)C[C@H]1OCC(=O)OC1c2c(ccc3cc4ccccc4cc23)CCC1Br. The van der Waals surface area contributed by atoms with Gasteiger partial charge in [0.05, 0.1) is 10.9 Å². The molecule has 4 heteroatoms. The average Bonchev–Trinajstić information content (AvgIpc) is 2.82. The molecule has 180 valence electrons. The van der Waals surface area contributed by atoms with Crippen molar-refractivity contribution in [3.63, 3.8) is 0 Å². The first kappa shape index (κ1) is 23.8. The third-order valence-electron chi connectivity index (χ3n) is 7.96. The molecule has 0 amide bonds. The van der Waals surface area contributed by atoms with Crippen LogP contribution < -0.4 is 0 Å². The first-order valence-corrected chi connectivity index (χ1v) is 13.7. The molecule has 0 aliphatic heterocycles. The average molecular weight is 524 g/mol. The van der Waals surface area contributed by atoms with Gasteiger partial charge < -0.3 is 9.47 Å². The summed E-state index contributed by atoms with van der Waals surface area (Å²) in [6.45, 7) is 6.84. The molecule has 0 heterocycles. The van der Waals surface area contributed by atoms with E-state index in [0.29, 0.717) is 17.8 Å². The third kappa shape index (κ3) is 4.77. The highest BCUT2D eigenvalue weighted by atomic mass is 79.9. The van der Waals surface area contributed by atoms with E-state index in [1.807, 2.05) is 0 Å². The van der Waals surface area contributed by atoms with Crippen LogP contribution in [-0.2, 0) is 20.7 Å². The number of ether oxygens (including phenoxy) is 2. The lowest BCUT2D eigenvalue weighted by Gasteiger charge is -2.37. The van der Waals surface area contributed by atoms with E-state index >= 15 is 0 Å². The zero-order chi connectivity index (χ0) is 23.8. The van der Waals surface area contributed by atoms with Crippen molar-refractivity contribution in [3.05, 3.63) is 59.7 Å². The molecule has 2 aliphatic rings. The molecule has 2 aliphatic carbocycles. The van der Waals surface area contributed by atoms with Crippen molar-refractivity contribution < 1.29 is 14.3 Å². The van der Waals surface area contributed by atoms with Crippen LogP contribution in [0.25, 0.3) is 21.5 Å². The van der Waals surface area contributed by atoms with Gasteiger partial charge in [0.2, 0.25) is 0 Å². The van der Waals surface area contributed by atoms with Crippen LogP contribution in [0.5, 0.6) is 0 Å². The molecule has 34 heavy (non-hydrogen) atoms. The van der Waals surface area contributed by atoms with Gasteiger partial charge in [0.25, 0.3) is 0 Å². The summed E-state index contributed by atoms with van der Waals surface area (Å²) in [5.41, 5.74) is 2.43. The lowest BCUT2D eigenvalue weighted by Crippen LogP contribution is -2.36. The molecule has 0 aromatic heterocycles. The van der Waals surface area contributed by atoms with Crippen molar-refractivity contribution >= 4 is 43.4 Å². The van der Waals surface area contributed by atoms with Gasteiger partial charge in [0.1, 0.15) is 12.7 Å². The number of hydrogen-bond acceptors (Lipinski definition) is 3. The minimum atomic E-state index is -0.309. The molecule has 1 fully saturated rings. The van der Waals surface area contributed by atoms with Crippen molar-refractivity contribution in [3.8, 4) is 0 Å². The van der Waals surface area contributed by atoms with Gasteiger partial charge in [-0.3, -0.25) is 0 Å². The normalized spacial score (nSPS) is 27.1. The Hall–Kier alpha value is -1.91. The van der Waals surface area contributed by atoms with E-state index in [4.69, 9.17) is 9.47 Å². The van der Waals surface area contributed by atoms with Crippen LogP contribution in [0.3, 0.4) is 0 Å². The topological polar surface area (TPSA) is 35.5 Å². The second kappa shape index (κ2) is 9.99. The standard InChI is InChI=1S/C30H35BrO3/c1-18(2)24-12-8-19(3)14-27(24)33-17-28(32)34-30-26(31)13-11-20-9-10-23-15-21-6-4-5-7-22(21)16-25(23)29(20)30/h4-7,9-10,15-16,18-19,24,26-27,30H,8,11-14,17H2,1-3H3/t19-,24+,26?,27-,30?/m1/s1. The summed E-state index contributed by atoms with van der Waals surface area (Å²) in [5.74, 6) is 1.46. The van der Waals surface area contributed by atoms with Crippen molar-refractivity contribution in [1.29, 1.82) is 0 Å². The predicted molar refractivity (Wildman–Crippen MR) is 142 cm³/mol. The number of carbonyl (C=O) groups excluding carboxylic acids is 1. The van der Waals surface area contributed by atoms with Crippen LogP contribution in [-0.4, -0.2) is 23.5 Å². The fourth-order valence-electron chi connectivity index (χ4n) is 6.05. The Labute approximate surface area is 211 Å². The van der Waals surface area contributed by atoms with Crippen molar-refractivity contribution in [2.24, 2.45) is 17.8 Å². The van der Waals surface area contributed by atoms with Crippen molar-refractivity contribution in [1.82, 2.24) is 0 Å². The van der Waals surface area contributed by atoms with E-state index in [9.17, 15) is 4.79 Å². The van der Waals surface area contributed by atoms with Gasteiger partial charge in [-0.2, -0.15) is 0 Å². The Morgan fingerprint density at radius 2 is 1.79 bits per heavy atom. The lowest BCUT2D eigenvalue weighted by molar-refractivity contribution is -0.160. The maximum absolute atomic E-state index is 13.0. The van der Waals surface area contributed by atoms with Crippen LogP contribution in [0.15, 0.2) is 48.5 Å². The second-order valence-corrected chi connectivity index (χ2v) is 11.9. The summed E-state index contributed by atoms with van der Waals surface area (Å²) in [7, 11) is 0. The number of aryl methyl sites for hydroxylation is 1. The van der Waals surface area contributed by atoms with Gasteiger partial charge in [-0.1, -0.05) is 79.5 Å². The number of rotatable bonds is 5. The zero-order valence-electron chi connectivity index (χ0n) is 20.4. The molecule has 3 aromatic rings. The molecular formula is C30H35BrO3. The van der Waals surface area contributed by atoms with Crippen LogP contribution in [0.2, 0.25) is 0 Å². The molecule has 0 bridgehead atoms. The fraction of sp³-hybridized carbons (Fsp3) is 0.500. The smallest absolute Gasteiger partial charge is 0.332 e. The largest absolute Gasteiger partial charge is 0.455 e. The van der Waals surface area contributed by atoms with Gasteiger partial charge >= 0.3 is 5.97 Å². The second-order valence-electron chi connectivity index (χ2n) is 10.7. The molecule has 3 nitrogen and oxygen atoms in total. The molecular weight excluding hydrogens is 488 g/mol. The Morgan fingerprint density at radius 1 is 1.03 bits per heavy atom. The number of fused-ring (bicyclic) bond motifs is 4. The lowest BCUT2D eigenvalue weighted by atomic mass is 9.75. The number of alkyl halides is 1. The molecule has 0 radical (unpaired) electrons. The summed E-state index contributed by atoms with van der Waals surface area (Å²) < 4.78 is 12.4. The summed E-state index contributed by atoms with van der Waals surface area (Å²) in [4.78, 5) is 13.1. The quantitative estimate of drug-likeness (QED) is 0.195. The van der Waals surface area contributed by atoms with Gasteiger partial charge in [-0.25, -0.2) is 4.79 Å². The predicted octanol–water partition coefficient (Wildman–Crippen LogP) is 7.76. The van der Waals surface area contributed by atoms with Crippen LogP contribution >= 0.6 is 15.9 Å². The summed E-state index contributed by atoms with van der Waals surface area (Å²) >= 11 is 3.83. The van der Waals surface area contributed by atoms with Gasteiger partial charge in [-0.15, -0.1) is 0 Å². The minimum absolute atomic E-state index is 0.0276. The van der Waals surface area contributed by atoms with E-state index < -0.39 is 0 Å². The fourth-order valence-corrected chi connectivity index (χ4v) is 6.65. The first-order valence-electron chi connectivity index (χ1n) is 12.8. The van der Waals surface area contributed by atoms with Gasteiger partial charge in [0.15, 0.2) is 0 Å². The minimum Gasteiger partial charge on any atom is -0.455 e. The van der Waals surface area contributed by atoms with Gasteiger partial charge in [0, 0.05) is 5.56 Å². The number of benzene rings is 3. The molecule has 0 saturated heterocycles. The summed E-state index contributed by atoms with van der Waals surface area (Å²) in [5, 5.41) is 4.80. The Balaban J connectivity index is 1.38. The van der Waals surface area contributed by atoms with Crippen LogP contribution in [0, 0.1) is 17.8 Å². The first-order chi connectivity index (χ1) is 16.4. The molecule has 5 rings (SSSR count). The molecule has 5 atom stereocenters. The molecule has 0 spiro atoms. The summed E-state index contributed by atoms with van der Waals surface area (Å²) in [6, 6.07) is 17.3. The Morgan fingerprint density at radius 3 is 2.56 bits per heavy atom. The zero-order valence-corrected chi connectivity index (χ0v) is 22.0. The summed E-state index contributed by atoms with van der Waals surface area (Å²) in [6.07, 6.45) is 5.21. The maximum Gasteiger partial charge on any atom is 0.332 e.